The van der Waals surface area contributed by atoms with Crippen molar-refractivity contribution in [1.82, 2.24) is 4.98 Å². The van der Waals surface area contributed by atoms with Crippen molar-refractivity contribution < 1.29 is 0 Å². The van der Waals surface area contributed by atoms with E-state index in [0.717, 1.165) is 24.2 Å². The Bertz CT molecular complexity index is 436. The number of anilines is 2. The van der Waals surface area contributed by atoms with Crippen LogP contribution in [0.5, 0.6) is 0 Å². The van der Waals surface area contributed by atoms with Gasteiger partial charge in [-0.2, -0.15) is 5.26 Å². The number of nitrogen functional groups attached to an aromatic ring is 1. The predicted molar refractivity (Wildman–Crippen MR) is 68.4 cm³/mol. The lowest BCUT2D eigenvalue weighted by Crippen LogP contribution is -2.12. The van der Waals surface area contributed by atoms with Crippen molar-refractivity contribution in [3.8, 4) is 6.07 Å². The van der Waals surface area contributed by atoms with E-state index < -0.39 is 0 Å². The van der Waals surface area contributed by atoms with Crippen LogP contribution in [0.3, 0.4) is 0 Å². The van der Waals surface area contributed by atoms with Crippen molar-refractivity contribution in [2.45, 2.75) is 26.2 Å². The quantitative estimate of drug-likeness (QED) is 0.836. The van der Waals surface area contributed by atoms with E-state index in [0.29, 0.717) is 11.4 Å². The van der Waals surface area contributed by atoms with Crippen LogP contribution < -0.4 is 11.1 Å². The summed E-state index contributed by atoms with van der Waals surface area (Å²) in [6.07, 6.45) is 3.90. The van der Waals surface area contributed by atoms with Crippen molar-refractivity contribution >= 4 is 11.5 Å². The normalized spacial score (nSPS) is 23.3. The molecule has 1 aromatic rings. The summed E-state index contributed by atoms with van der Waals surface area (Å²) >= 11 is 0. The van der Waals surface area contributed by atoms with Gasteiger partial charge in [0.1, 0.15) is 11.9 Å². The summed E-state index contributed by atoms with van der Waals surface area (Å²) in [5.41, 5.74) is 6.36. The van der Waals surface area contributed by atoms with Gasteiger partial charge < -0.3 is 11.1 Å². The highest BCUT2D eigenvalue weighted by atomic mass is 15.0. The molecule has 1 aliphatic rings. The number of aromatic nitrogens is 1. The summed E-state index contributed by atoms with van der Waals surface area (Å²) < 4.78 is 0. The fourth-order valence-corrected chi connectivity index (χ4v) is 2.42. The van der Waals surface area contributed by atoms with Crippen LogP contribution in [0.4, 0.5) is 11.5 Å². The molecule has 1 heterocycles. The Morgan fingerprint density at radius 3 is 3.00 bits per heavy atom. The largest absolute Gasteiger partial charge is 0.396 e. The van der Waals surface area contributed by atoms with E-state index >= 15 is 0 Å². The van der Waals surface area contributed by atoms with Crippen LogP contribution in [0, 0.1) is 23.2 Å². The van der Waals surface area contributed by atoms with Crippen molar-refractivity contribution in [3.05, 3.63) is 17.8 Å². The number of nitrogens with zero attached hydrogens (tertiary/aromatic N) is 2. The Labute approximate surface area is 102 Å². The molecule has 0 bridgehead atoms. The van der Waals surface area contributed by atoms with Crippen molar-refractivity contribution in [3.63, 3.8) is 0 Å². The first-order valence-corrected chi connectivity index (χ1v) is 6.09. The lowest BCUT2D eigenvalue weighted by atomic mass is 10.1. The molecule has 1 aliphatic carbocycles. The molecule has 1 aromatic heterocycles. The van der Waals surface area contributed by atoms with Crippen LogP contribution in [0.25, 0.3) is 0 Å². The van der Waals surface area contributed by atoms with Gasteiger partial charge in [-0.3, -0.25) is 0 Å². The standard InChI is InChI=1S/C13H18N4/c1-9-2-3-10(6-9)8-16-13-5-4-11(15)12(7-14)17-13/h4-5,9-10H,2-3,6,8,15H2,1H3,(H,16,17). The zero-order valence-corrected chi connectivity index (χ0v) is 10.1. The topological polar surface area (TPSA) is 74.7 Å². The Hall–Kier alpha value is -1.76. The van der Waals surface area contributed by atoms with Crippen molar-refractivity contribution in [2.24, 2.45) is 11.8 Å². The van der Waals surface area contributed by atoms with E-state index in [4.69, 9.17) is 11.0 Å². The van der Waals surface area contributed by atoms with Gasteiger partial charge in [-0.05, 0) is 36.8 Å². The second-order valence-corrected chi connectivity index (χ2v) is 4.91. The maximum absolute atomic E-state index is 8.84. The highest BCUT2D eigenvalue weighted by molar-refractivity contribution is 5.54. The minimum Gasteiger partial charge on any atom is -0.396 e. The molecule has 17 heavy (non-hydrogen) atoms. The molecule has 1 saturated carbocycles. The van der Waals surface area contributed by atoms with Crippen LogP contribution >= 0.6 is 0 Å². The van der Waals surface area contributed by atoms with Crippen LogP contribution in [0.15, 0.2) is 12.1 Å². The molecule has 90 valence electrons. The number of hydrogen-bond donors (Lipinski definition) is 2. The van der Waals surface area contributed by atoms with E-state index in [-0.39, 0.29) is 0 Å². The Morgan fingerprint density at radius 2 is 2.35 bits per heavy atom. The van der Waals surface area contributed by atoms with Gasteiger partial charge >= 0.3 is 0 Å². The van der Waals surface area contributed by atoms with Gasteiger partial charge in [-0.15, -0.1) is 0 Å². The number of nitriles is 1. The fraction of sp³-hybridized carbons (Fsp3) is 0.538. The van der Waals surface area contributed by atoms with Gasteiger partial charge in [-0.25, -0.2) is 4.98 Å². The second-order valence-electron chi connectivity index (χ2n) is 4.91. The molecule has 0 aromatic carbocycles. The molecule has 1 fully saturated rings. The summed E-state index contributed by atoms with van der Waals surface area (Å²) in [4.78, 5) is 4.17. The molecule has 0 aliphatic heterocycles. The number of hydrogen-bond acceptors (Lipinski definition) is 4. The molecule has 0 radical (unpaired) electrons. The lowest BCUT2D eigenvalue weighted by Gasteiger charge is -2.12. The van der Waals surface area contributed by atoms with E-state index in [9.17, 15) is 0 Å². The van der Waals surface area contributed by atoms with Crippen LogP contribution in [-0.4, -0.2) is 11.5 Å². The molecule has 4 heteroatoms. The van der Waals surface area contributed by atoms with E-state index in [1.807, 2.05) is 12.1 Å². The number of pyridine rings is 1. The van der Waals surface area contributed by atoms with Gasteiger partial charge in [-0.1, -0.05) is 13.3 Å². The molecule has 0 spiro atoms. The third-order valence-corrected chi connectivity index (χ3v) is 3.41. The average molecular weight is 230 g/mol. The fourth-order valence-electron chi connectivity index (χ4n) is 2.42. The lowest BCUT2D eigenvalue weighted by molar-refractivity contribution is 0.536. The van der Waals surface area contributed by atoms with Crippen molar-refractivity contribution in [1.29, 1.82) is 5.26 Å². The first-order valence-electron chi connectivity index (χ1n) is 6.09. The zero-order chi connectivity index (χ0) is 12.3. The van der Waals surface area contributed by atoms with Crippen LogP contribution in [0.2, 0.25) is 0 Å². The maximum Gasteiger partial charge on any atom is 0.165 e. The summed E-state index contributed by atoms with van der Waals surface area (Å²) in [5.74, 6) is 2.32. The minimum absolute atomic E-state index is 0.301. The van der Waals surface area contributed by atoms with E-state index in [1.54, 1.807) is 6.07 Å². The highest BCUT2D eigenvalue weighted by Crippen LogP contribution is 2.30. The molecule has 2 rings (SSSR count). The zero-order valence-electron chi connectivity index (χ0n) is 10.1. The Kier molecular flexibility index (Phi) is 3.48. The summed E-state index contributed by atoms with van der Waals surface area (Å²) in [7, 11) is 0. The minimum atomic E-state index is 0.301. The number of nitrogens with one attached hydrogen (secondary N) is 1. The molecular weight excluding hydrogens is 212 g/mol. The van der Waals surface area contributed by atoms with Gasteiger partial charge in [0.15, 0.2) is 5.69 Å². The first-order chi connectivity index (χ1) is 8.19. The van der Waals surface area contributed by atoms with Crippen LogP contribution in [0.1, 0.15) is 31.9 Å². The maximum atomic E-state index is 8.84. The Morgan fingerprint density at radius 1 is 1.53 bits per heavy atom. The van der Waals surface area contributed by atoms with Gasteiger partial charge in [0.05, 0.1) is 5.69 Å². The first kappa shape index (κ1) is 11.7. The molecule has 4 nitrogen and oxygen atoms in total. The summed E-state index contributed by atoms with van der Waals surface area (Å²) in [6, 6.07) is 5.55. The van der Waals surface area contributed by atoms with Gasteiger partial charge in [0, 0.05) is 6.54 Å². The SMILES string of the molecule is CC1CCC(CNc2ccc(N)c(C#N)n2)C1. The van der Waals surface area contributed by atoms with E-state index in [2.05, 4.69) is 17.2 Å². The van der Waals surface area contributed by atoms with Gasteiger partial charge in [0.2, 0.25) is 0 Å². The van der Waals surface area contributed by atoms with Gasteiger partial charge in [0.25, 0.3) is 0 Å². The monoisotopic (exact) mass is 230 g/mol. The average Bonchev–Trinajstić information content (AvgIpc) is 2.74. The van der Waals surface area contributed by atoms with Crippen molar-refractivity contribution in [2.75, 3.05) is 17.6 Å². The molecule has 0 saturated heterocycles. The molecule has 2 unspecified atom stereocenters. The number of rotatable bonds is 3. The third kappa shape index (κ3) is 2.88. The molecular formula is C13H18N4. The number of nitrogens with two attached hydrogens (primary N) is 1. The van der Waals surface area contributed by atoms with E-state index in [1.165, 1.54) is 19.3 Å². The smallest absolute Gasteiger partial charge is 0.165 e. The summed E-state index contributed by atoms with van der Waals surface area (Å²) in [5, 5.41) is 12.1. The summed E-state index contributed by atoms with van der Waals surface area (Å²) in [6.45, 7) is 3.24. The van der Waals surface area contributed by atoms with Crippen LogP contribution in [-0.2, 0) is 0 Å². The predicted octanol–water partition coefficient (Wildman–Crippen LogP) is 2.38. The molecule has 0 amide bonds. The molecule has 2 atom stereocenters. The third-order valence-electron chi connectivity index (χ3n) is 3.41. The second kappa shape index (κ2) is 5.05. The molecule has 3 N–H and O–H groups in total. The Balaban J connectivity index is 1.93. The highest BCUT2D eigenvalue weighted by Gasteiger charge is 2.20.